The van der Waals surface area contributed by atoms with E-state index in [-0.39, 0.29) is 6.10 Å². The summed E-state index contributed by atoms with van der Waals surface area (Å²) in [5.74, 6) is 0.854. The SMILES string of the molecule is COc1ccc(C[C@H](O)C[NH+]2CCOCC2)cc1. The van der Waals surface area contributed by atoms with Crippen molar-refractivity contribution in [1.29, 1.82) is 0 Å². The number of quaternary nitrogens is 1. The molecule has 4 nitrogen and oxygen atoms in total. The van der Waals surface area contributed by atoms with E-state index in [9.17, 15) is 5.11 Å². The Kier molecular flexibility index (Phi) is 4.99. The van der Waals surface area contributed by atoms with Crippen LogP contribution in [-0.2, 0) is 11.2 Å². The fraction of sp³-hybridized carbons (Fsp3) is 0.571. The lowest BCUT2D eigenvalue weighted by Gasteiger charge is -2.25. The molecule has 1 heterocycles. The number of methoxy groups -OCH3 is 1. The number of rotatable bonds is 5. The first-order chi connectivity index (χ1) is 8.78. The number of hydrogen-bond donors (Lipinski definition) is 2. The highest BCUT2D eigenvalue weighted by atomic mass is 16.5. The van der Waals surface area contributed by atoms with E-state index in [1.165, 1.54) is 4.90 Å². The second-order valence-corrected chi connectivity index (χ2v) is 4.77. The standard InChI is InChI=1S/C14H21NO3/c1-17-14-4-2-12(3-5-14)10-13(16)11-15-6-8-18-9-7-15/h2-5,13,16H,6-11H2,1H3/p+1/t13-/m0/s1. The zero-order chi connectivity index (χ0) is 12.8. The third-order valence-electron chi connectivity index (χ3n) is 3.35. The van der Waals surface area contributed by atoms with Crippen LogP contribution in [0.4, 0.5) is 0 Å². The van der Waals surface area contributed by atoms with Crippen molar-refractivity contribution in [2.24, 2.45) is 0 Å². The van der Waals surface area contributed by atoms with Crippen LogP contribution in [0.1, 0.15) is 5.56 Å². The molecule has 1 fully saturated rings. The van der Waals surface area contributed by atoms with Crippen LogP contribution < -0.4 is 9.64 Å². The zero-order valence-electron chi connectivity index (χ0n) is 10.9. The minimum Gasteiger partial charge on any atom is -0.497 e. The van der Waals surface area contributed by atoms with Gasteiger partial charge in [0, 0.05) is 6.42 Å². The number of aliphatic hydroxyl groups excluding tert-OH is 1. The van der Waals surface area contributed by atoms with Crippen molar-refractivity contribution in [2.75, 3.05) is 40.0 Å². The van der Waals surface area contributed by atoms with E-state index in [2.05, 4.69) is 0 Å². The van der Waals surface area contributed by atoms with Crippen LogP contribution in [0, 0.1) is 0 Å². The van der Waals surface area contributed by atoms with Gasteiger partial charge < -0.3 is 19.5 Å². The van der Waals surface area contributed by atoms with Crippen LogP contribution in [0.25, 0.3) is 0 Å². The number of ether oxygens (including phenoxy) is 2. The smallest absolute Gasteiger partial charge is 0.118 e. The highest BCUT2D eigenvalue weighted by molar-refractivity contribution is 5.27. The maximum absolute atomic E-state index is 10.1. The molecule has 4 heteroatoms. The molecule has 1 atom stereocenters. The summed E-state index contributed by atoms with van der Waals surface area (Å²) < 4.78 is 10.4. The molecule has 1 aliphatic rings. The molecule has 100 valence electrons. The van der Waals surface area contributed by atoms with Gasteiger partial charge in [0.2, 0.25) is 0 Å². The Bertz CT molecular complexity index is 347. The number of morpholine rings is 1. The Hall–Kier alpha value is -1.10. The molecule has 0 spiro atoms. The van der Waals surface area contributed by atoms with E-state index in [0.29, 0.717) is 6.42 Å². The Morgan fingerprint density at radius 1 is 1.28 bits per heavy atom. The third-order valence-corrected chi connectivity index (χ3v) is 3.35. The van der Waals surface area contributed by atoms with Crippen LogP contribution >= 0.6 is 0 Å². The first-order valence-corrected chi connectivity index (χ1v) is 6.50. The first-order valence-electron chi connectivity index (χ1n) is 6.50. The second kappa shape index (κ2) is 6.73. The van der Waals surface area contributed by atoms with Crippen LogP contribution in [0.2, 0.25) is 0 Å². The average Bonchev–Trinajstić information content (AvgIpc) is 2.40. The maximum Gasteiger partial charge on any atom is 0.118 e. The molecule has 2 N–H and O–H groups in total. The summed E-state index contributed by atoms with van der Waals surface area (Å²) in [5, 5.41) is 10.1. The minimum atomic E-state index is -0.286. The third kappa shape index (κ3) is 3.98. The molecule has 0 aliphatic carbocycles. The van der Waals surface area contributed by atoms with Crippen LogP contribution in [0.3, 0.4) is 0 Å². The van der Waals surface area contributed by atoms with Crippen molar-refractivity contribution < 1.29 is 19.5 Å². The van der Waals surface area contributed by atoms with Gasteiger partial charge in [0.1, 0.15) is 31.5 Å². The van der Waals surface area contributed by atoms with Gasteiger partial charge in [-0.2, -0.15) is 0 Å². The Morgan fingerprint density at radius 3 is 2.56 bits per heavy atom. The van der Waals surface area contributed by atoms with Gasteiger partial charge in [0.05, 0.1) is 20.3 Å². The maximum atomic E-state index is 10.1. The Morgan fingerprint density at radius 2 is 1.94 bits per heavy atom. The van der Waals surface area contributed by atoms with Crippen molar-refractivity contribution in [1.82, 2.24) is 0 Å². The minimum absolute atomic E-state index is 0.286. The molecule has 0 radical (unpaired) electrons. The summed E-state index contributed by atoms with van der Waals surface area (Å²) in [7, 11) is 1.66. The Balaban J connectivity index is 1.80. The van der Waals surface area contributed by atoms with Gasteiger partial charge in [0.25, 0.3) is 0 Å². The lowest BCUT2D eigenvalue weighted by Crippen LogP contribution is -3.15. The molecule has 1 saturated heterocycles. The summed E-state index contributed by atoms with van der Waals surface area (Å²) >= 11 is 0. The van der Waals surface area contributed by atoms with Gasteiger partial charge in [-0.1, -0.05) is 12.1 Å². The van der Waals surface area contributed by atoms with Gasteiger partial charge in [0.15, 0.2) is 0 Å². The summed E-state index contributed by atoms with van der Waals surface area (Å²) in [5.41, 5.74) is 1.15. The summed E-state index contributed by atoms with van der Waals surface area (Å²) in [6.45, 7) is 4.42. The molecule has 0 bridgehead atoms. The molecule has 18 heavy (non-hydrogen) atoms. The lowest BCUT2D eigenvalue weighted by molar-refractivity contribution is -0.911. The van der Waals surface area contributed by atoms with Crippen molar-refractivity contribution in [3.05, 3.63) is 29.8 Å². The van der Waals surface area contributed by atoms with E-state index in [4.69, 9.17) is 9.47 Å². The summed E-state index contributed by atoms with van der Waals surface area (Å²) in [4.78, 5) is 1.43. The fourth-order valence-electron chi connectivity index (χ4n) is 2.30. The number of aliphatic hydroxyl groups is 1. The number of nitrogens with one attached hydrogen (secondary N) is 1. The quantitative estimate of drug-likeness (QED) is 0.743. The van der Waals surface area contributed by atoms with Crippen molar-refractivity contribution in [3.8, 4) is 5.75 Å². The molecule has 0 unspecified atom stereocenters. The lowest BCUT2D eigenvalue weighted by atomic mass is 10.1. The average molecular weight is 252 g/mol. The van der Waals surface area contributed by atoms with E-state index < -0.39 is 0 Å². The van der Waals surface area contributed by atoms with Crippen molar-refractivity contribution in [2.45, 2.75) is 12.5 Å². The molecule has 2 rings (SSSR count). The molecule has 1 aromatic rings. The summed E-state index contributed by atoms with van der Waals surface area (Å²) in [6.07, 6.45) is 0.417. The monoisotopic (exact) mass is 252 g/mol. The normalized spacial score (nSPS) is 18.6. The van der Waals surface area contributed by atoms with Gasteiger partial charge in [-0.25, -0.2) is 0 Å². The van der Waals surface area contributed by atoms with E-state index in [1.54, 1.807) is 7.11 Å². The number of benzene rings is 1. The van der Waals surface area contributed by atoms with Gasteiger partial charge in [-0.15, -0.1) is 0 Å². The zero-order valence-corrected chi connectivity index (χ0v) is 10.9. The molecule has 0 saturated carbocycles. The topological polar surface area (TPSA) is 43.1 Å². The van der Waals surface area contributed by atoms with Gasteiger partial charge >= 0.3 is 0 Å². The molecular formula is C14H22NO3+. The fourth-order valence-corrected chi connectivity index (χ4v) is 2.30. The predicted molar refractivity (Wildman–Crippen MR) is 69.1 cm³/mol. The van der Waals surface area contributed by atoms with E-state index >= 15 is 0 Å². The molecule has 0 amide bonds. The largest absolute Gasteiger partial charge is 0.497 e. The van der Waals surface area contributed by atoms with Crippen LogP contribution in [0.5, 0.6) is 5.75 Å². The summed E-state index contributed by atoms with van der Waals surface area (Å²) in [6, 6.07) is 7.89. The van der Waals surface area contributed by atoms with Gasteiger partial charge in [-0.05, 0) is 17.7 Å². The van der Waals surface area contributed by atoms with Crippen LogP contribution in [0.15, 0.2) is 24.3 Å². The van der Waals surface area contributed by atoms with Crippen molar-refractivity contribution >= 4 is 0 Å². The predicted octanol–water partition coefficient (Wildman–Crippen LogP) is -0.486. The highest BCUT2D eigenvalue weighted by Crippen LogP contribution is 2.12. The van der Waals surface area contributed by atoms with Crippen LogP contribution in [-0.4, -0.2) is 51.2 Å². The van der Waals surface area contributed by atoms with E-state index in [0.717, 1.165) is 44.2 Å². The Labute approximate surface area is 108 Å². The molecule has 1 aromatic carbocycles. The van der Waals surface area contributed by atoms with Gasteiger partial charge in [-0.3, -0.25) is 0 Å². The van der Waals surface area contributed by atoms with Crippen molar-refractivity contribution in [3.63, 3.8) is 0 Å². The molecular weight excluding hydrogens is 230 g/mol. The number of hydrogen-bond acceptors (Lipinski definition) is 3. The van der Waals surface area contributed by atoms with E-state index in [1.807, 2.05) is 24.3 Å². The second-order valence-electron chi connectivity index (χ2n) is 4.77. The molecule has 0 aromatic heterocycles. The molecule has 1 aliphatic heterocycles. The first kappa shape index (κ1) is 13.3. The highest BCUT2D eigenvalue weighted by Gasteiger charge is 2.18.